The molecule has 1 aromatic rings. The van der Waals surface area contributed by atoms with E-state index in [-0.39, 0.29) is 5.91 Å². The first kappa shape index (κ1) is 16.8. The lowest BCUT2D eigenvalue weighted by Crippen LogP contribution is -2.45. The van der Waals surface area contributed by atoms with Crippen LogP contribution in [-0.2, 0) is 11.3 Å². The summed E-state index contributed by atoms with van der Waals surface area (Å²) in [6.07, 6.45) is 2.82. The van der Waals surface area contributed by atoms with Gasteiger partial charge in [-0.05, 0) is 42.0 Å². The van der Waals surface area contributed by atoms with Crippen molar-refractivity contribution < 1.29 is 4.79 Å². The molecule has 1 N–H and O–H groups in total. The molecule has 3 heterocycles. The summed E-state index contributed by atoms with van der Waals surface area (Å²) in [5, 5.41) is 2.90. The topological polar surface area (TPSA) is 51.7 Å². The summed E-state index contributed by atoms with van der Waals surface area (Å²) in [6.45, 7) is 7.85. The predicted octanol–water partition coefficient (Wildman–Crippen LogP) is 1.24. The van der Waals surface area contributed by atoms with Gasteiger partial charge in [0.05, 0.1) is 6.54 Å². The van der Waals surface area contributed by atoms with Gasteiger partial charge < -0.3 is 15.1 Å². The van der Waals surface area contributed by atoms with Crippen LogP contribution in [0.3, 0.4) is 0 Å². The van der Waals surface area contributed by atoms with Crippen molar-refractivity contribution in [2.75, 3.05) is 58.2 Å². The number of aromatic nitrogens is 1. The molecule has 0 aliphatic carbocycles. The first-order chi connectivity index (χ1) is 11.1. The van der Waals surface area contributed by atoms with Gasteiger partial charge in [-0.2, -0.15) is 0 Å². The van der Waals surface area contributed by atoms with E-state index in [2.05, 4.69) is 48.0 Å². The van der Waals surface area contributed by atoms with E-state index in [1.54, 1.807) is 6.20 Å². The molecule has 3 rings (SSSR count). The van der Waals surface area contributed by atoms with Gasteiger partial charge in [0.15, 0.2) is 0 Å². The summed E-state index contributed by atoms with van der Waals surface area (Å²) >= 11 is 3.46. The van der Waals surface area contributed by atoms with Gasteiger partial charge in [-0.3, -0.25) is 9.69 Å². The maximum Gasteiger partial charge on any atom is 0.239 e. The Morgan fingerprint density at radius 2 is 1.91 bits per heavy atom. The molecule has 6 nitrogen and oxygen atoms in total. The first-order valence-electron chi connectivity index (χ1n) is 8.18. The molecule has 0 bridgehead atoms. The van der Waals surface area contributed by atoms with Crippen LogP contribution >= 0.6 is 15.9 Å². The van der Waals surface area contributed by atoms with Gasteiger partial charge in [0.1, 0.15) is 5.82 Å². The highest BCUT2D eigenvalue weighted by Gasteiger charge is 2.20. The third kappa shape index (κ3) is 4.73. The van der Waals surface area contributed by atoms with E-state index in [4.69, 9.17) is 0 Å². The number of piperazine rings is 1. The number of carbonyl (C=O) groups is 1. The number of anilines is 1. The van der Waals surface area contributed by atoms with Crippen LogP contribution in [0.25, 0.3) is 0 Å². The molecule has 0 atom stereocenters. The zero-order chi connectivity index (χ0) is 16.2. The number of hydrogen-bond acceptors (Lipinski definition) is 5. The lowest BCUT2D eigenvalue weighted by molar-refractivity contribution is -0.117. The maximum atomic E-state index is 12.0. The Kier molecular flexibility index (Phi) is 5.63. The van der Waals surface area contributed by atoms with Crippen molar-refractivity contribution in [1.29, 1.82) is 0 Å². The zero-order valence-corrected chi connectivity index (χ0v) is 15.2. The third-order valence-electron chi connectivity index (χ3n) is 4.50. The second kappa shape index (κ2) is 7.70. The number of hydrogen-bond donors (Lipinski definition) is 1. The third-order valence-corrected chi connectivity index (χ3v) is 4.93. The predicted molar refractivity (Wildman–Crippen MR) is 94.4 cm³/mol. The number of halogens is 1. The van der Waals surface area contributed by atoms with E-state index in [0.29, 0.717) is 12.4 Å². The molecule has 2 aliphatic rings. The van der Waals surface area contributed by atoms with Crippen molar-refractivity contribution >= 4 is 27.7 Å². The second-order valence-electron chi connectivity index (χ2n) is 6.42. The van der Waals surface area contributed by atoms with E-state index in [0.717, 1.165) is 62.3 Å². The molecule has 1 fully saturated rings. The average molecular weight is 382 g/mol. The standard InChI is InChI=1S/C16H24BrN5O/c1-20-5-7-21(8-6-20)3-2-4-22-11-13-9-14(17)10-18-16(13)19-15(23)12-22/h9-10H,2-8,11-12H2,1H3,(H,18,19,23). The van der Waals surface area contributed by atoms with Crippen LogP contribution in [0.2, 0.25) is 0 Å². The van der Waals surface area contributed by atoms with Crippen LogP contribution in [0.1, 0.15) is 12.0 Å². The minimum absolute atomic E-state index is 0.0261. The zero-order valence-electron chi connectivity index (χ0n) is 13.6. The molecule has 0 aromatic carbocycles. The summed E-state index contributed by atoms with van der Waals surface area (Å²) in [4.78, 5) is 23.4. The molecule has 23 heavy (non-hydrogen) atoms. The molecular weight excluding hydrogens is 358 g/mol. The highest BCUT2D eigenvalue weighted by molar-refractivity contribution is 9.10. The Bertz CT molecular complexity index is 559. The number of nitrogens with zero attached hydrogens (tertiary/aromatic N) is 4. The van der Waals surface area contributed by atoms with Crippen molar-refractivity contribution in [3.8, 4) is 0 Å². The maximum absolute atomic E-state index is 12.0. The van der Waals surface area contributed by atoms with Crippen LogP contribution in [-0.4, -0.2) is 78.5 Å². The van der Waals surface area contributed by atoms with Gasteiger partial charge in [0.2, 0.25) is 5.91 Å². The van der Waals surface area contributed by atoms with Gasteiger partial charge in [0.25, 0.3) is 0 Å². The van der Waals surface area contributed by atoms with Gasteiger partial charge >= 0.3 is 0 Å². The van der Waals surface area contributed by atoms with Crippen LogP contribution in [0.4, 0.5) is 5.82 Å². The van der Waals surface area contributed by atoms with E-state index in [1.165, 1.54) is 0 Å². The fraction of sp³-hybridized carbons (Fsp3) is 0.625. The number of likely N-dealkylation sites (N-methyl/N-ethyl adjacent to an activating group) is 1. The Labute approximate surface area is 146 Å². The van der Waals surface area contributed by atoms with Crippen molar-refractivity contribution in [2.45, 2.75) is 13.0 Å². The van der Waals surface area contributed by atoms with Crippen LogP contribution < -0.4 is 5.32 Å². The Morgan fingerprint density at radius 1 is 1.17 bits per heavy atom. The molecular formula is C16H24BrN5O. The number of nitrogens with one attached hydrogen (secondary N) is 1. The SMILES string of the molecule is CN1CCN(CCCN2CC(=O)Nc3ncc(Br)cc3C2)CC1. The number of carbonyl (C=O) groups excluding carboxylic acids is 1. The average Bonchev–Trinajstić information content (AvgIpc) is 2.66. The Morgan fingerprint density at radius 3 is 2.70 bits per heavy atom. The molecule has 2 aliphatic heterocycles. The van der Waals surface area contributed by atoms with E-state index < -0.39 is 0 Å². The summed E-state index contributed by atoms with van der Waals surface area (Å²) in [5.74, 6) is 0.720. The van der Waals surface area contributed by atoms with Crippen molar-refractivity contribution in [1.82, 2.24) is 19.7 Å². The van der Waals surface area contributed by atoms with Gasteiger partial charge in [-0.15, -0.1) is 0 Å². The summed E-state index contributed by atoms with van der Waals surface area (Å²) in [6, 6.07) is 2.04. The summed E-state index contributed by atoms with van der Waals surface area (Å²) in [7, 11) is 2.18. The number of amides is 1. The van der Waals surface area contributed by atoms with Crippen molar-refractivity contribution in [3.63, 3.8) is 0 Å². The van der Waals surface area contributed by atoms with E-state index >= 15 is 0 Å². The van der Waals surface area contributed by atoms with Crippen LogP contribution in [0.15, 0.2) is 16.7 Å². The number of fused-ring (bicyclic) bond motifs is 1. The second-order valence-corrected chi connectivity index (χ2v) is 7.33. The Balaban J connectivity index is 1.52. The molecule has 1 aromatic heterocycles. The number of rotatable bonds is 4. The van der Waals surface area contributed by atoms with Gasteiger partial charge in [-0.1, -0.05) is 0 Å². The quantitative estimate of drug-likeness (QED) is 0.849. The highest BCUT2D eigenvalue weighted by atomic mass is 79.9. The lowest BCUT2D eigenvalue weighted by atomic mass is 10.2. The van der Waals surface area contributed by atoms with Crippen molar-refractivity contribution in [3.05, 3.63) is 22.3 Å². The molecule has 0 saturated carbocycles. The lowest BCUT2D eigenvalue weighted by Gasteiger charge is -2.32. The molecule has 126 valence electrons. The van der Waals surface area contributed by atoms with Crippen LogP contribution in [0.5, 0.6) is 0 Å². The highest BCUT2D eigenvalue weighted by Crippen LogP contribution is 2.22. The van der Waals surface area contributed by atoms with E-state index in [9.17, 15) is 4.79 Å². The molecule has 0 unspecified atom stereocenters. The summed E-state index contributed by atoms with van der Waals surface area (Å²) in [5.41, 5.74) is 1.07. The smallest absolute Gasteiger partial charge is 0.239 e. The Hall–Kier alpha value is -1.02. The van der Waals surface area contributed by atoms with Crippen molar-refractivity contribution in [2.24, 2.45) is 0 Å². The minimum atomic E-state index is 0.0261. The van der Waals surface area contributed by atoms with Gasteiger partial charge in [-0.25, -0.2) is 4.98 Å². The molecule has 7 heteroatoms. The largest absolute Gasteiger partial charge is 0.309 e. The monoisotopic (exact) mass is 381 g/mol. The molecule has 0 spiro atoms. The fourth-order valence-corrected chi connectivity index (χ4v) is 3.51. The van der Waals surface area contributed by atoms with Gasteiger partial charge in [0, 0.05) is 55.5 Å². The number of pyridine rings is 1. The minimum Gasteiger partial charge on any atom is -0.309 e. The molecule has 0 radical (unpaired) electrons. The van der Waals surface area contributed by atoms with Crippen LogP contribution in [0, 0.1) is 0 Å². The first-order valence-corrected chi connectivity index (χ1v) is 8.97. The fourth-order valence-electron chi connectivity index (χ4n) is 3.13. The molecule has 1 amide bonds. The molecule has 1 saturated heterocycles. The van der Waals surface area contributed by atoms with E-state index in [1.807, 2.05) is 6.07 Å². The summed E-state index contributed by atoms with van der Waals surface area (Å²) < 4.78 is 0.949. The normalized spacial score (nSPS) is 20.9.